The molecule has 1 rings (SSSR count). The first-order valence-corrected chi connectivity index (χ1v) is 5.27. The second kappa shape index (κ2) is 4.57. The smallest absolute Gasteiger partial charge is 0.0789 e. The topological polar surface area (TPSA) is 52.7 Å². The molecule has 0 saturated carbocycles. The van der Waals surface area contributed by atoms with Crippen LogP contribution >= 0.6 is 0 Å². The number of rotatable bonds is 3. The number of aliphatic hydroxyl groups is 1. The molecule has 1 heterocycles. The van der Waals surface area contributed by atoms with Gasteiger partial charge in [-0.2, -0.15) is 0 Å². The number of nitrogens with two attached hydrogens (primary N) is 1. The molecular formula is C10H23N3O. The highest BCUT2D eigenvalue weighted by Crippen LogP contribution is 2.18. The molecule has 0 aromatic carbocycles. The summed E-state index contributed by atoms with van der Waals surface area (Å²) in [5, 5.41) is 9.47. The molecule has 4 nitrogen and oxygen atoms in total. The average molecular weight is 201 g/mol. The fourth-order valence-corrected chi connectivity index (χ4v) is 1.87. The van der Waals surface area contributed by atoms with Crippen molar-refractivity contribution in [3.63, 3.8) is 0 Å². The van der Waals surface area contributed by atoms with Crippen LogP contribution in [-0.2, 0) is 0 Å². The van der Waals surface area contributed by atoms with E-state index in [1.165, 1.54) is 0 Å². The predicted molar refractivity (Wildman–Crippen MR) is 58.2 cm³/mol. The molecule has 1 aliphatic rings. The van der Waals surface area contributed by atoms with E-state index in [0.717, 1.165) is 19.6 Å². The van der Waals surface area contributed by atoms with E-state index in [2.05, 4.69) is 30.7 Å². The minimum absolute atomic E-state index is 0.201. The molecule has 1 fully saturated rings. The summed E-state index contributed by atoms with van der Waals surface area (Å²) in [5.41, 5.74) is 5.60. The quantitative estimate of drug-likeness (QED) is 0.636. The van der Waals surface area contributed by atoms with Crippen molar-refractivity contribution in [3.05, 3.63) is 0 Å². The van der Waals surface area contributed by atoms with Crippen LogP contribution in [0.3, 0.4) is 0 Å². The molecule has 0 aliphatic carbocycles. The number of piperazine rings is 1. The highest BCUT2D eigenvalue weighted by molar-refractivity contribution is 4.88. The summed E-state index contributed by atoms with van der Waals surface area (Å²) in [5.74, 6) is 0. The molecule has 0 bridgehead atoms. The van der Waals surface area contributed by atoms with E-state index < -0.39 is 0 Å². The lowest BCUT2D eigenvalue weighted by molar-refractivity contribution is 0.0164. The van der Waals surface area contributed by atoms with E-state index in [9.17, 15) is 5.11 Å². The van der Waals surface area contributed by atoms with Gasteiger partial charge in [-0.25, -0.2) is 0 Å². The molecule has 1 unspecified atom stereocenters. The van der Waals surface area contributed by atoms with Gasteiger partial charge in [0.25, 0.3) is 0 Å². The zero-order valence-corrected chi connectivity index (χ0v) is 9.53. The Morgan fingerprint density at radius 1 is 1.43 bits per heavy atom. The molecule has 0 spiro atoms. The average Bonchev–Trinajstić information content (AvgIpc) is 2.11. The van der Waals surface area contributed by atoms with Crippen LogP contribution in [0.1, 0.15) is 13.8 Å². The highest BCUT2D eigenvalue weighted by Gasteiger charge is 2.31. The fourth-order valence-electron chi connectivity index (χ4n) is 1.87. The van der Waals surface area contributed by atoms with Crippen molar-refractivity contribution in [1.82, 2.24) is 9.80 Å². The van der Waals surface area contributed by atoms with Gasteiger partial charge >= 0.3 is 0 Å². The molecule has 0 aromatic rings. The standard InChI is InChI=1S/C10H23N3O/c1-10(2)8-13(5-4-12(10)3)7-9(14)6-11/h9,14H,4-8,11H2,1-3H3. The lowest BCUT2D eigenvalue weighted by atomic mass is 9.99. The monoisotopic (exact) mass is 201 g/mol. The summed E-state index contributed by atoms with van der Waals surface area (Å²) >= 11 is 0. The normalized spacial score (nSPS) is 26.4. The number of likely N-dealkylation sites (N-methyl/N-ethyl adjacent to an activating group) is 1. The van der Waals surface area contributed by atoms with E-state index in [0.29, 0.717) is 13.1 Å². The van der Waals surface area contributed by atoms with Crippen LogP contribution in [-0.4, -0.2) is 66.3 Å². The lowest BCUT2D eigenvalue weighted by Gasteiger charge is -2.45. The minimum Gasteiger partial charge on any atom is -0.390 e. The van der Waals surface area contributed by atoms with Gasteiger partial charge in [-0.15, -0.1) is 0 Å². The molecular weight excluding hydrogens is 178 g/mol. The van der Waals surface area contributed by atoms with E-state index in [1.807, 2.05) is 0 Å². The van der Waals surface area contributed by atoms with Gasteiger partial charge in [0.2, 0.25) is 0 Å². The first kappa shape index (κ1) is 11.9. The van der Waals surface area contributed by atoms with E-state index in [-0.39, 0.29) is 11.6 Å². The number of β-amino-alcohol motifs (C(OH)–C–C–N with tert-alkyl or cyclic N) is 1. The maximum atomic E-state index is 9.47. The highest BCUT2D eigenvalue weighted by atomic mass is 16.3. The van der Waals surface area contributed by atoms with Gasteiger partial charge < -0.3 is 10.8 Å². The molecule has 84 valence electrons. The molecule has 0 radical (unpaired) electrons. The van der Waals surface area contributed by atoms with Gasteiger partial charge in [0.05, 0.1) is 6.10 Å². The molecule has 0 aromatic heterocycles. The maximum absolute atomic E-state index is 9.47. The predicted octanol–water partition coefficient (Wildman–Crippen LogP) is -0.668. The van der Waals surface area contributed by atoms with Crippen molar-refractivity contribution in [1.29, 1.82) is 0 Å². The first-order chi connectivity index (χ1) is 6.45. The van der Waals surface area contributed by atoms with Gasteiger partial charge in [0.1, 0.15) is 0 Å². The Bertz CT molecular complexity index is 184. The maximum Gasteiger partial charge on any atom is 0.0789 e. The SMILES string of the molecule is CN1CCN(CC(O)CN)CC1(C)C. The van der Waals surface area contributed by atoms with Crippen LogP contribution in [0.4, 0.5) is 0 Å². The Balaban J connectivity index is 2.43. The van der Waals surface area contributed by atoms with Crippen LogP contribution < -0.4 is 5.73 Å². The summed E-state index contributed by atoms with van der Waals surface area (Å²) in [7, 11) is 2.15. The van der Waals surface area contributed by atoms with Crippen LogP contribution in [0.2, 0.25) is 0 Å². The fraction of sp³-hybridized carbons (Fsp3) is 1.00. The summed E-state index contributed by atoms with van der Waals surface area (Å²) in [6.07, 6.45) is -0.380. The minimum atomic E-state index is -0.380. The summed E-state index contributed by atoms with van der Waals surface area (Å²) in [4.78, 5) is 4.65. The second-order valence-corrected chi connectivity index (χ2v) is 4.86. The van der Waals surface area contributed by atoms with Crippen molar-refractivity contribution in [3.8, 4) is 0 Å². The third-order valence-electron chi connectivity index (χ3n) is 3.14. The number of hydrogen-bond donors (Lipinski definition) is 2. The summed E-state index contributed by atoms with van der Waals surface area (Å²) in [6.45, 7) is 8.60. The summed E-state index contributed by atoms with van der Waals surface area (Å²) in [6, 6.07) is 0. The molecule has 3 N–H and O–H groups in total. The third kappa shape index (κ3) is 2.92. The van der Waals surface area contributed by atoms with Gasteiger partial charge in [0.15, 0.2) is 0 Å². The Kier molecular flexibility index (Phi) is 3.89. The van der Waals surface area contributed by atoms with Crippen molar-refractivity contribution in [2.24, 2.45) is 5.73 Å². The van der Waals surface area contributed by atoms with Crippen molar-refractivity contribution in [2.45, 2.75) is 25.5 Å². The summed E-state index contributed by atoms with van der Waals surface area (Å²) < 4.78 is 0. The van der Waals surface area contributed by atoms with Crippen molar-refractivity contribution in [2.75, 3.05) is 39.8 Å². The second-order valence-electron chi connectivity index (χ2n) is 4.86. The third-order valence-corrected chi connectivity index (χ3v) is 3.14. The Labute approximate surface area is 86.7 Å². The molecule has 14 heavy (non-hydrogen) atoms. The Morgan fingerprint density at radius 2 is 2.07 bits per heavy atom. The first-order valence-electron chi connectivity index (χ1n) is 5.27. The van der Waals surface area contributed by atoms with Crippen LogP contribution in [0, 0.1) is 0 Å². The van der Waals surface area contributed by atoms with Gasteiger partial charge in [-0.3, -0.25) is 9.80 Å². The lowest BCUT2D eigenvalue weighted by Crippen LogP contribution is -2.58. The van der Waals surface area contributed by atoms with Crippen LogP contribution in [0.15, 0.2) is 0 Å². The van der Waals surface area contributed by atoms with E-state index in [1.54, 1.807) is 0 Å². The molecule has 4 heteroatoms. The zero-order chi connectivity index (χ0) is 10.8. The largest absolute Gasteiger partial charge is 0.390 e. The van der Waals surface area contributed by atoms with Crippen molar-refractivity contribution >= 4 is 0 Å². The number of hydrogen-bond acceptors (Lipinski definition) is 4. The van der Waals surface area contributed by atoms with E-state index in [4.69, 9.17) is 5.73 Å². The molecule has 0 amide bonds. The number of nitrogens with zero attached hydrogens (tertiary/aromatic N) is 2. The van der Waals surface area contributed by atoms with Crippen LogP contribution in [0.5, 0.6) is 0 Å². The number of aliphatic hydroxyl groups excluding tert-OH is 1. The Morgan fingerprint density at radius 3 is 2.57 bits per heavy atom. The Hall–Kier alpha value is -0.160. The van der Waals surface area contributed by atoms with E-state index >= 15 is 0 Å². The zero-order valence-electron chi connectivity index (χ0n) is 9.53. The molecule has 1 saturated heterocycles. The molecule has 1 aliphatic heterocycles. The van der Waals surface area contributed by atoms with Gasteiger partial charge in [-0.1, -0.05) is 0 Å². The van der Waals surface area contributed by atoms with Crippen LogP contribution in [0.25, 0.3) is 0 Å². The molecule has 1 atom stereocenters. The van der Waals surface area contributed by atoms with Gasteiger partial charge in [0, 0.05) is 38.3 Å². The van der Waals surface area contributed by atoms with Gasteiger partial charge in [-0.05, 0) is 20.9 Å². The van der Waals surface area contributed by atoms with Crippen molar-refractivity contribution < 1.29 is 5.11 Å².